The summed E-state index contributed by atoms with van der Waals surface area (Å²) in [5.74, 6) is 0.538. The van der Waals surface area contributed by atoms with Crippen molar-refractivity contribution in [3.63, 3.8) is 0 Å². The number of rotatable bonds is 7. The second-order valence-corrected chi connectivity index (χ2v) is 8.17. The Labute approximate surface area is 208 Å². The lowest BCUT2D eigenvalue weighted by atomic mass is 9.95. The molecule has 1 amide bonds. The second-order valence-electron chi connectivity index (χ2n) is 8.17. The average Bonchev–Trinajstić information content (AvgIpc) is 3.47. The Morgan fingerprint density at radius 3 is 2.14 bits per heavy atom. The molecule has 0 aliphatic carbocycles. The fourth-order valence-electron chi connectivity index (χ4n) is 4.39. The van der Waals surface area contributed by atoms with Gasteiger partial charge in [-0.1, -0.05) is 12.1 Å². The van der Waals surface area contributed by atoms with E-state index in [1.54, 1.807) is 66.7 Å². The molecule has 0 aromatic heterocycles. The molecule has 1 unspecified atom stereocenters. The normalized spacial score (nSPS) is 17.9. The summed E-state index contributed by atoms with van der Waals surface area (Å²) >= 11 is 0. The Kier molecular flexibility index (Phi) is 6.25. The quantitative estimate of drug-likeness (QED) is 0.290. The van der Waals surface area contributed by atoms with Crippen LogP contribution in [0.1, 0.15) is 31.0 Å². The van der Waals surface area contributed by atoms with Gasteiger partial charge in [0, 0.05) is 17.3 Å². The molecule has 2 aliphatic rings. The van der Waals surface area contributed by atoms with E-state index in [2.05, 4.69) is 0 Å². The molecule has 3 aromatic carbocycles. The summed E-state index contributed by atoms with van der Waals surface area (Å²) < 4.78 is 21.9. The zero-order valence-corrected chi connectivity index (χ0v) is 19.9. The number of ketones is 1. The van der Waals surface area contributed by atoms with Crippen molar-refractivity contribution in [1.29, 1.82) is 0 Å². The van der Waals surface area contributed by atoms with Crippen LogP contribution in [0.3, 0.4) is 0 Å². The lowest BCUT2D eigenvalue weighted by Gasteiger charge is -2.25. The van der Waals surface area contributed by atoms with Crippen LogP contribution in [-0.2, 0) is 9.59 Å². The maximum Gasteiger partial charge on any atom is 0.300 e. The Morgan fingerprint density at radius 2 is 1.50 bits per heavy atom. The molecule has 2 aliphatic heterocycles. The number of hydrogen-bond donors (Lipinski definition) is 1. The molecule has 8 heteroatoms. The number of fused-ring (bicyclic) bond motifs is 1. The number of aliphatic hydroxyl groups excluding tert-OH is 1. The molecule has 8 nitrogen and oxygen atoms in total. The fourth-order valence-corrected chi connectivity index (χ4v) is 4.39. The molecular weight excluding hydrogens is 462 g/mol. The van der Waals surface area contributed by atoms with Gasteiger partial charge in [-0.05, 0) is 67.9 Å². The van der Waals surface area contributed by atoms with Crippen molar-refractivity contribution in [2.75, 3.05) is 24.9 Å². The zero-order valence-electron chi connectivity index (χ0n) is 19.9. The van der Waals surface area contributed by atoms with E-state index in [0.717, 1.165) is 0 Å². The minimum Gasteiger partial charge on any atom is -0.507 e. The number of nitrogens with zero attached hydrogens (tertiary/aromatic N) is 1. The number of carbonyl (C=O) groups is 2. The van der Waals surface area contributed by atoms with Crippen molar-refractivity contribution in [3.05, 3.63) is 83.4 Å². The number of carbonyl (C=O) groups excluding carboxylic acids is 2. The van der Waals surface area contributed by atoms with Gasteiger partial charge in [0.1, 0.15) is 17.3 Å². The second kappa shape index (κ2) is 9.65. The van der Waals surface area contributed by atoms with Crippen LogP contribution in [-0.4, -0.2) is 36.8 Å². The Hall–Kier alpha value is -4.46. The van der Waals surface area contributed by atoms with Crippen LogP contribution in [0.5, 0.6) is 23.0 Å². The summed E-state index contributed by atoms with van der Waals surface area (Å²) in [4.78, 5) is 28.1. The number of anilines is 1. The molecule has 3 aromatic rings. The summed E-state index contributed by atoms with van der Waals surface area (Å²) in [6.07, 6.45) is 0. The van der Waals surface area contributed by atoms with Gasteiger partial charge < -0.3 is 24.1 Å². The van der Waals surface area contributed by atoms with E-state index in [1.165, 1.54) is 4.90 Å². The molecule has 2 heterocycles. The minimum absolute atomic E-state index is 0.00835. The Balaban J connectivity index is 1.64. The summed E-state index contributed by atoms with van der Waals surface area (Å²) in [5.41, 5.74) is 1.48. The summed E-state index contributed by atoms with van der Waals surface area (Å²) in [7, 11) is 0. The number of hydrogen-bond acceptors (Lipinski definition) is 7. The first-order chi connectivity index (χ1) is 17.5. The lowest BCUT2D eigenvalue weighted by Crippen LogP contribution is -2.29. The van der Waals surface area contributed by atoms with Crippen molar-refractivity contribution < 1.29 is 33.6 Å². The van der Waals surface area contributed by atoms with Gasteiger partial charge in [0.25, 0.3) is 11.7 Å². The smallest absolute Gasteiger partial charge is 0.300 e. The fraction of sp³-hybridized carbons (Fsp3) is 0.214. The molecule has 184 valence electrons. The summed E-state index contributed by atoms with van der Waals surface area (Å²) in [5, 5.41) is 11.3. The van der Waals surface area contributed by atoms with Gasteiger partial charge in [-0.2, -0.15) is 0 Å². The molecule has 0 saturated carbocycles. The molecule has 5 rings (SSSR count). The van der Waals surface area contributed by atoms with Crippen LogP contribution >= 0.6 is 0 Å². The number of Topliss-reactive ketones (excluding diaryl/α,β-unsaturated/α-hetero) is 1. The Morgan fingerprint density at radius 1 is 0.889 bits per heavy atom. The van der Waals surface area contributed by atoms with Crippen molar-refractivity contribution in [3.8, 4) is 23.0 Å². The molecule has 0 radical (unpaired) electrons. The number of ether oxygens (including phenoxy) is 4. The van der Waals surface area contributed by atoms with E-state index in [-0.39, 0.29) is 18.1 Å². The first-order valence-corrected chi connectivity index (χ1v) is 11.7. The van der Waals surface area contributed by atoms with Gasteiger partial charge in [0.05, 0.1) is 24.8 Å². The third kappa shape index (κ3) is 4.11. The third-order valence-corrected chi connectivity index (χ3v) is 6.02. The van der Waals surface area contributed by atoms with Gasteiger partial charge in [-0.15, -0.1) is 0 Å². The standard InChI is InChI=1S/C28H25NO7/c1-3-33-20-10-5-17(6-11-20)25-24(26(30)18-7-12-21(13-8-18)34-4-2)27(31)28(32)29(25)19-9-14-22-23(15-19)36-16-35-22/h5-15,25,30H,3-4,16H2,1-2H3/b26-24+. The highest BCUT2D eigenvalue weighted by Gasteiger charge is 2.47. The molecule has 36 heavy (non-hydrogen) atoms. The summed E-state index contributed by atoms with van der Waals surface area (Å²) in [6.45, 7) is 4.86. The highest BCUT2D eigenvalue weighted by molar-refractivity contribution is 6.51. The van der Waals surface area contributed by atoms with Crippen LogP contribution in [0, 0.1) is 0 Å². The first-order valence-electron chi connectivity index (χ1n) is 11.7. The van der Waals surface area contributed by atoms with Gasteiger partial charge in [0.15, 0.2) is 11.5 Å². The SMILES string of the molecule is CCOc1ccc(/C(O)=C2\C(=O)C(=O)N(c3ccc4c(c3)OCO4)C2c2ccc(OCC)cc2)cc1. The zero-order chi connectivity index (χ0) is 25.2. The molecule has 1 atom stereocenters. The van der Waals surface area contributed by atoms with E-state index in [9.17, 15) is 14.7 Å². The highest BCUT2D eigenvalue weighted by Crippen LogP contribution is 2.45. The maximum atomic E-state index is 13.4. The molecule has 0 spiro atoms. The average molecular weight is 488 g/mol. The predicted octanol–water partition coefficient (Wildman–Crippen LogP) is 4.84. The topological polar surface area (TPSA) is 94.5 Å². The van der Waals surface area contributed by atoms with E-state index >= 15 is 0 Å². The van der Waals surface area contributed by atoms with Gasteiger partial charge in [-0.25, -0.2) is 0 Å². The van der Waals surface area contributed by atoms with Crippen LogP contribution in [0.2, 0.25) is 0 Å². The monoisotopic (exact) mass is 487 g/mol. The van der Waals surface area contributed by atoms with Crippen LogP contribution < -0.4 is 23.8 Å². The van der Waals surface area contributed by atoms with E-state index in [0.29, 0.717) is 53.0 Å². The van der Waals surface area contributed by atoms with E-state index in [1.807, 2.05) is 13.8 Å². The van der Waals surface area contributed by atoms with Crippen molar-refractivity contribution in [1.82, 2.24) is 0 Å². The minimum atomic E-state index is -0.868. The Bertz CT molecular complexity index is 1330. The van der Waals surface area contributed by atoms with Crippen molar-refractivity contribution >= 4 is 23.1 Å². The molecular formula is C28H25NO7. The number of benzene rings is 3. The molecule has 1 saturated heterocycles. The predicted molar refractivity (Wildman–Crippen MR) is 133 cm³/mol. The van der Waals surface area contributed by atoms with Crippen LogP contribution in [0.4, 0.5) is 5.69 Å². The van der Waals surface area contributed by atoms with Crippen molar-refractivity contribution in [2.45, 2.75) is 19.9 Å². The first kappa shape index (κ1) is 23.3. The van der Waals surface area contributed by atoms with Crippen molar-refractivity contribution in [2.24, 2.45) is 0 Å². The van der Waals surface area contributed by atoms with Gasteiger partial charge >= 0.3 is 0 Å². The van der Waals surface area contributed by atoms with Crippen LogP contribution in [0.15, 0.2) is 72.3 Å². The van der Waals surface area contributed by atoms with Gasteiger partial charge in [-0.3, -0.25) is 14.5 Å². The number of amides is 1. The maximum absolute atomic E-state index is 13.4. The van der Waals surface area contributed by atoms with Crippen LogP contribution in [0.25, 0.3) is 5.76 Å². The van der Waals surface area contributed by atoms with Gasteiger partial charge in [0.2, 0.25) is 6.79 Å². The van der Waals surface area contributed by atoms with E-state index in [4.69, 9.17) is 18.9 Å². The molecule has 1 fully saturated rings. The van der Waals surface area contributed by atoms with E-state index < -0.39 is 17.7 Å². The summed E-state index contributed by atoms with van der Waals surface area (Å²) in [6, 6.07) is 18.0. The number of aliphatic hydroxyl groups is 1. The third-order valence-electron chi connectivity index (χ3n) is 6.02. The molecule has 1 N–H and O–H groups in total. The largest absolute Gasteiger partial charge is 0.507 e. The lowest BCUT2D eigenvalue weighted by molar-refractivity contribution is -0.132. The highest BCUT2D eigenvalue weighted by atomic mass is 16.7. The molecule has 0 bridgehead atoms.